The van der Waals surface area contributed by atoms with Crippen LogP contribution in [0.5, 0.6) is 5.75 Å². The zero-order valence-corrected chi connectivity index (χ0v) is 13.1. The lowest BCUT2D eigenvalue weighted by Gasteiger charge is -2.13. The SMILES string of the molecule is COc1ccc2cc(CSC3CCCC3)c(NN)nc2c1. The zero-order chi connectivity index (χ0) is 14.7. The van der Waals surface area contributed by atoms with E-state index < -0.39 is 0 Å². The summed E-state index contributed by atoms with van der Waals surface area (Å²) in [5, 5.41) is 1.92. The minimum absolute atomic E-state index is 0.765. The van der Waals surface area contributed by atoms with E-state index in [0.29, 0.717) is 0 Å². The summed E-state index contributed by atoms with van der Waals surface area (Å²) in [7, 11) is 1.66. The Morgan fingerprint density at radius 1 is 1.33 bits per heavy atom. The number of nitrogen functional groups attached to an aromatic ring is 1. The summed E-state index contributed by atoms with van der Waals surface area (Å²) >= 11 is 2.02. The van der Waals surface area contributed by atoms with Crippen molar-refractivity contribution < 1.29 is 4.74 Å². The molecule has 3 rings (SSSR count). The van der Waals surface area contributed by atoms with E-state index in [1.807, 2.05) is 30.0 Å². The van der Waals surface area contributed by atoms with Crippen LogP contribution < -0.4 is 16.0 Å². The highest BCUT2D eigenvalue weighted by Crippen LogP contribution is 2.33. The summed E-state index contributed by atoms with van der Waals surface area (Å²) in [4.78, 5) is 4.62. The number of anilines is 1. The molecule has 4 nitrogen and oxygen atoms in total. The van der Waals surface area contributed by atoms with Crippen molar-refractivity contribution in [3.63, 3.8) is 0 Å². The molecular weight excluding hydrogens is 282 g/mol. The molecule has 0 radical (unpaired) electrons. The summed E-state index contributed by atoms with van der Waals surface area (Å²) in [6.45, 7) is 0. The number of benzene rings is 1. The first-order valence-electron chi connectivity index (χ1n) is 7.36. The third-order valence-electron chi connectivity index (χ3n) is 4.02. The fourth-order valence-corrected chi connectivity index (χ4v) is 4.12. The van der Waals surface area contributed by atoms with Crippen molar-refractivity contribution in [3.8, 4) is 5.75 Å². The normalized spacial score (nSPS) is 15.5. The van der Waals surface area contributed by atoms with Crippen LogP contribution in [0.1, 0.15) is 31.2 Å². The molecule has 1 aliphatic carbocycles. The fourth-order valence-electron chi connectivity index (χ4n) is 2.82. The number of aromatic nitrogens is 1. The molecule has 1 aliphatic rings. The molecule has 0 unspecified atom stereocenters. The van der Waals surface area contributed by atoms with Gasteiger partial charge in [-0.15, -0.1) is 0 Å². The minimum atomic E-state index is 0.765. The number of ether oxygens (including phenoxy) is 1. The van der Waals surface area contributed by atoms with Crippen molar-refractivity contribution in [2.45, 2.75) is 36.7 Å². The predicted octanol–water partition coefficient (Wildman–Crippen LogP) is 3.70. The predicted molar refractivity (Wildman–Crippen MR) is 89.7 cm³/mol. The molecule has 0 saturated heterocycles. The number of nitrogens with zero attached hydrogens (tertiary/aromatic N) is 1. The van der Waals surface area contributed by atoms with Gasteiger partial charge in [0.2, 0.25) is 0 Å². The number of pyridine rings is 1. The summed E-state index contributed by atoms with van der Waals surface area (Å²) in [5.41, 5.74) is 4.81. The smallest absolute Gasteiger partial charge is 0.144 e. The largest absolute Gasteiger partial charge is 0.497 e. The van der Waals surface area contributed by atoms with Crippen molar-refractivity contribution in [1.29, 1.82) is 0 Å². The topological polar surface area (TPSA) is 60.2 Å². The van der Waals surface area contributed by atoms with Gasteiger partial charge in [-0.05, 0) is 31.0 Å². The first-order chi connectivity index (χ1) is 10.3. The molecule has 2 aromatic rings. The number of nitrogens with one attached hydrogen (secondary N) is 1. The van der Waals surface area contributed by atoms with Gasteiger partial charge in [-0.2, -0.15) is 11.8 Å². The van der Waals surface area contributed by atoms with E-state index >= 15 is 0 Å². The molecule has 112 valence electrons. The Balaban J connectivity index is 1.86. The third kappa shape index (κ3) is 3.24. The summed E-state index contributed by atoms with van der Waals surface area (Å²) < 4.78 is 5.25. The highest BCUT2D eigenvalue weighted by atomic mass is 32.2. The van der Waals surface area contributed by atoms with Gasteiger partial charge in [0.05, 0.1) is 12.6 Å². The van der Waals surface area contributed by atoms with Crippen molar-refractivity contribution >= 4 is 28.5 Å². The number of hydrogen-bond acceptors (Lipinski definition) is 5. The van der Waals surface area contributed by atoms with Crippen LogP contribution >= 0.6 is 11.8 Å². The number of nitrogens with two attached hydrogens (primary N) is 1. The van der Waals surface area contributed by atoms with E-state index in [2.05, 4.69) is 16.5 Å². The Hall–Kier alpha value is -1.46. The molecule has 1 aromatic heterocycles. The van der Waals surface area contributed by atoms with Gasteiger partial charge in [0, 0.05) is 28.0 Å². The Morgan fingerprint density at radius 3 is 2.86 bits per heavy atom. The molecular formula is C16H21N3OS. The molecule has 5 heteroatoms. The lowest BCUT2D eigenvalue weighted by molar-refractivity contribution is 0.415. The average molecular weight is 303 g/mol. The molecule has 0 spiro atoms. The highest BCUT2D eigenvalue weighted by molar-refractivity contribution is 7.99. The highest BCUT2D eigenvalue weighted by Gasteiger charge is 2.16. The standard InChI is InChI=1S/C16H21N3OS/c1-20-13-7-6-11-8-12(10-21-14-4-2-3-5-14)16(19-17)18-15(11)9-13/h6-9,14H,2-5,10,17H2,1H3,(H,18,19). The first-order valence-corrected chi connectivity index (χ1v) is 8.41. The van der Waals surface area contributed by atoms with Gasteiger partial charge in [-0.3, -0.25) is 0 Å². The van der Waals surface area contributed by atoms with E-state index in [-0.39, 0.29) is 0 Å². The van der Waals surface area contributed by atoms with Gasteiger partial charge in [-0.1, -0.05) is 12.8 Å². The quantitative estimate of drug-likeness (QED) is 0.651. The average Bonchev–Trinajstić information content (AvgIpc) is 3.04. The molecule has 21 heavy (non-hydrogen) atoms. The number of methoxy groups -OCH3 is 1. The second-order valence-corrected chi connectivity index (χ2v) is 6.71. The fraction of sp³-hybridized carbons (Fsp3) is 0.438. The molecule has 1 fully saturated rings. The number of rotatable bonds is 5. The number of hydrazine groups is 1. The zero-order valence-electron chi connectivity index (χ0n) is 12.3. The maximum absolute atomic E-state index is 5.64. The van der Waals surface area contributed by atoms with Gasteiger partial charge < -0.3 is 10.2 Å². The second-order valence-electron chi connectivity index (χ2n) is 5.42. The third-order valence-corrected chi connectivity index (χ3v) is 5.44. The Kier molecular flexibility index (Phi) is 4.51. The van der Waals surface area contributed by atoms with E-state index in [4.69, 9.17) is 10.6 Å². The van der Waals surface area contributed by atoms with Gasteiger partial charge in [0.25, 0.3) is 0 Å². The second kappa shape index (κ2) is 6.54. The lowest BCUT2D eigenvalue weighted by atomic mass is 10.1. The van der Waals surface area contributed by atoms with Gasteiger partial charge in [-0.25, -0.2) is 10.8 Å². The molecule has 1 saturated carbocycles. The molecule has 3 N–H and O–H groups in total. The molecule has 0 bridgehead atoms. The number of thioether (sulfide) groups is 1. The summed E-state index contributed by atoms with van der Waals surface area (Å²) in [5.74, 6) is 8.18. The molecule has 0 aliphatic heterocycles. The Bertz CT molecular complexity index is 626. The Morgan fingerprint density at radius 2 is 2.14 bits per heavy atom. The van der Waals surface area contributed by atoms with Crippen LogP contribution in [0.3, 0.4) is 0 Å². The van der Waals surface area contributed by atoms with E-state index in [1.165, 1.54) is 31.2 Å². The first kappa shape index (κ1) is 14.5. The lowest BCUT2D eigenvalue weighted by Crippen LogP contribution is -2.11. The van der Waals surface area contributed by atoms with Crippen LogP contribution in [0.15, 0.2) is 24.3 Å². The van der Waals surface area contributed by atoms with Crippen LogP contribution in [0.2, 0.25) is 0 Å². The van der Waals surface area contributed by atoms with E-state index in [0.717, 1.165) is 33.5 Å². The van der Waals surface area contributed by atoms with Crippen molar-refractivity contribution in [2.24, 2.45) is 5.84 Å². The summed E-state index contributed by atoms with van der Waals surface area (Å²) in [6, 6.07) is 8.13. The van der Waals surface area contributed by atoms with Crippen molar-refractivity contribution in [2.75, 3.05) is 12.5 Å². The van der Waals surface area contributed by atoms with Gasteiger partial charge >= 0.3 is 0 Å². The van der Waals surface area contributed by atoms with Crippen LogP contribution in [-0.2, 0) is 5.75 Å². The molecule has 1 aromatic carbocycles. The van der Waals surface area contributed by atoms with E-state index in [1.54, 1.807) is 7.11 Å². The van der Waals surface area contributed by atoms with Crippen LogP contribution in [0.25, 0.3) is 10.9 Å². The van der Waals surface area contributed by atoms with Crippen LogP contribution in [0.4, 0.5) is 5.82 Å². The van der Waals surface area contributed by atoms with Gasteiger partial charge in [0.1, 0.15) is 11.6 Å². The maximum Gasteiger partial charge on any atom is 0.144 e. The van der Waals surface area contributed by atoms with Crippen molar-refractivity contribution in [1.82, 2.24) is 4.98 Å². The van der Waals surface area contributed by atoms with Crippen LogP contribution in [-0.4, -0.2) is 17.3 Å². The maximum atomic E-state index is 5.64. The van der Waals surface area contributed by atoms with E-state index in [9.17, 15) is 0 Å². The Labute approximate surface area is 129 Å². The molecule has 0 atom stereocenters. The molecule has 0 amide bonds. The molecule has 1 heterocycles. The minimum Gasteiger partial charge on any atom is -0.497 e. The monoisotopic (exact) mass is 303 g/mol. The number of hydrogen-bond donors (Lipinski definition) is 2. The van der Waals surface area contributed by atoms with Crippen LogP contribution in [0, 0.1) is 0 Å². The van der Waals surface area contributed by atoms with Crippen molar-refractivity contribution in [3.05, 3.63) is 29.8 Å². The summed E-state index contributed by atoms with van der Waals surface area (Å²) in [6.07, 6.45) is 5.42. The van der Waals surface area contributed by atoms with Gasteiger partial charge in [0.15, 0.2) is 0 Å². The number of fused-ring (bicyclic) bond motifs is 1.